The third-order valence-electron chi connectivity index (χ3n) is 3.96. The van der Waals surface area contributed by atoms with Crippen LogP contribution in [-0.2, 0) is 0 Å². The lowest BCUT2D eigenvalue weighted by molar-refractivity contribution is 0.288. The third kappa shape index (κ3) is 3.87. The Hall–Kier alpha value is -0.770. The molecule has 0 amide bonds. The summed E-state index contributed by atoms with van der Waals surface area (Å²) in [7, 11) is 2.07. The molecule has 0 bridgehead atoms. The number of nitrogens with zero attached hydrogens (tertiary/aromatic N) is 3. The Morgan fingerprint density at radius 3 is 2.72 bits per heavy atom. The fourth-order valence-corrected chi connectivity index (χ4v) is 2.73. The number of rotatable bonds is 5. The van der Waals surface area contributed by atoms with E-state index in [1.165, 1.54) is 38.9 Å². The minimum atomic E-state index is 0.662. The average molecular weight is 252 g/mol. The molecular weight excluding hydrogens is 224 g/mol. The van der Waals surface area contributed by atoms with E-state index < -0.39 is 0 Å². The highest BCUT2D eigenvalue weighted by Crippen LogP contribution is 2.25. The first kappa shape index (κ1) is 13.7. The summed E-state index contributed by atoms with van der Waals surface area (Å²) in [6, 6.07) is 0.662. The highest BCUT2D eigenvalue weighted by Gasteiger charge is 2.28. The van der Waals surface area contributed by atoms with Gasteiger partial charge < -0.3 is 15.5 Å². The second-order valence-electron chi connectivity index (χ2n) is 6.35. The molecule has 104 valence electrons. The SMILES string of the molecule is CC(C)CN1CCC(CN=C(N)N(C)C2CC2)C1. The minimum absolute atomic E-state index is 0.662. The van der Waals surface area contributed by atoms with Gasteiger partial charge in [-0.2, -0.15) is 0 Å². The van der Waals surface area contributed by atoms with E-state index in [-0.39, 0.29) is 0 Å². The zero-order chi connectivity index (χ0) is 13.1. The van der Waals surface area contributed by atoms with E-state index in [4.69, 9.17) is 5.73 Å². The molecule has 0 radical (unpaired) electrons. The highest BCUT2D eigenvalue weighted by molar-refractivity contribution is 5.78. The molecule has 2 N–H and O–H groups in total. The van der Waals surface area contributed by atoms with E-state index in [1.54, 1.807) is 0 Å². The van der Waals surface area contributed by atoms with Crippen molar-refractivity contribution in [2.45, 2.75) is 39.2 Å². The third-order valence-corrected chi connectivity index (χ3v) is 3.96. The fraction of sp³-hybridized carbons (Fsp3) is 0.929. The topological polar surface area (TPSA) is 44.9 Å². The first-order chi connectivity index (χ1) is 8.56. The first-order valence-corrected chi connectivity index (χ1v) is 7.31. The number of hydrogen-bond donors (Lipinski definition) is 1. The van der Waals surface area contributed by atoms with Crippen LogP contribution in [0.3, 0.4) is 0 Å². The lowest BCUT2D eigenvalue weighted by Crippen LogP contribution is -2.36. The molecule has 0 aromatic heterocycles. The molecule has 1 aliphatic carbocycles. The summed E-state index contributed by atoms with van der Waals surface area (Å²) >= 11 is 0. The molecule has 0 aromatic rings. The summed E-state index contributed by atoms with van der Waals surface area (Å²) in [4.78, 5) is 9.28. The van der Waals surface area contributed by atoms with Crippen LogP contribution in [0.4, 0.5) is 0 Å². The van der Waals surface area contributed by atoms with Gasteiger partial charge in [-0.15, -0.1) is 0 Å². The lowest BCUT2D eigenvalue weighted by Gasteiger charge is -2.19. The Morgan fingerprint density at radius 2 is 2.11 bits per heavy atom. The van der Waals surface area contributed by atoms with Crippen molar-refractivity contribution in [2.75, 3.05) is 33.2 Å². The van der Waals surface area contributed by atoms with Crippen molar-refractivity contribution >= 4 is 5.96 Å². The Balaban J connectivity index is 1.72. The van der Waals surface area contributed by atoms with Gasteiger partial charge in [0.2, 0.25) is 0 Å². The van der Waals surface area contributed by atoms with Gasteiger partial charge >= 0.3 is 0 Å². The maximum atomic E-state index is 6.01. The second-order valence-corrected chi connectivity index (χ2v) is 6.35. The number of nitrogens with two attached hydrogens (primary N) is 1. The molecule has 1 heterocycles. The Bertz CT molecular complexity index is 296. The van der Waals surface area contributed by atoms with Gasteiger partial charge in [0.1, 0.15) is 0 Å². The molecule has 1 atom stereocenters. The van der Waals surface area contributed by atoms with Crippen molar-refractivity contribution in [2.24, 2.45) is 22.6 Å². The normalized spacial score (nSPS) is 26.0. The molecule has 1 saturated carbocycles. The molecule has 0 aromatic carbocycles. The van der Waals surface area contributed by atoms with Crippen LogP contribution in [0.2, 0.25) is 0 Å². The molecule has 0 spiro atoms. The largest absolute Gasteiger partial charge is 0.370 e. The molecule has 4 heteroatoms. The quantitative estimate of drug-likeness (QED) is 0.594. The Morgan fingerprint density at radius 1 is 1.39 bits per heavy atom. The van der Waals surface area contributed by atoms with Crippen LogP contribution in [0.1, 0.15) is 33.1 Å². The van der Waals surface area contributed by atoms with Crippen LogP contribution in [0.15, 0.2) is 4.99 Å². The summed E-state index contributed by atoms with van der Waals surface area (Å²) in [5, 5.41) is 0. The standard InChI is InChI=1S/C14H28N4/c1-11(2)9-18-7-6-12(10-18)8-16-14(15)17(3)13-4-5-13/h11-13H,4-10H2,1-3H3,(H2,15,16). The summed E-state index contributed by atoms with van der Waals surface area (Å²) in [6.45, 7) is 9.12. The van der Waals surface area contributed by atoms with Gasteiger partial charge in [0.15, 0.2) is 5.96 Å². The lowest BCUT2D eigenvalue weighted by atomic mass is 10.1. The number of aliphatic imine (C=N–C) groups is 1. The van der Waals surface area contributed by atoms with Crippen LogP contribution < -0.4 is 5.73 Å². The number of guanidine groups is 1. The molecule has 4 nitrogen and oxygen atoms in total. The van der Waals surface area contributed by atoms with E-state index in [0.717, 1.165) is 18.4 Å². The van der Waals surface area contributed by atoms with E-state index in [1.807, 2.05) is 0 Å². The van der Waals surface area contributed by atoms with Gasteiger partial charge in [0.25, 0.3) is 0 Å². The van der Waals surface area contributed by atoms with Crippen LogP contribution >= 0.6 is 0 Å². The molecule has 1 saturated heterocycles. The van der Waals surface area contributed by atoms with Crippen LogP contribution in [0.25, 0.3) is 0 Å². The zero-order valence-corrected chi connectivity index (χ0v) is 12.1. The summed E-state index contributed by atoms with van der Waals surface area (Å²) in [5.74, 6) is 2.20. The molecule has 2 rings (SSSR count). The molecule has 18 heavy (non-hydrogen) atoms. The number of hydrogen-bond acceptors (Lipinski definition) is 2. The monoisotopic (exact) mass is 252 g/mol. The van der Waals surface area contributed by atoms with Crippen LogP contribution in [-0.4, -0.2) is 55.0 Å². The van der Waals surface area contributed by atoms with Crippen LogP contribution in [0, 0.1) is 11.8 Å². The van der Waals surface area contributed by atoms with Crippen molar-refractivity contribution in [1.82, 2.24) is 9.80 Å². The average Bonchev–Trinajstić information content (AvgIpc) is 3.07. The van der Waals surface area contributed by atoms with E-state index >= 15 is 0 Å². The predicted molar refractivity (Wildman–Crippen MR) is 76.7 cm³/mol. The molecule has 2 fully saturated rings. The van der Waals surface area contributed by atoms with Gasteiger partial charge in [-0.05, 0) is 37.6 Å². The summed E-state index contributed by atoms with van der Waals surface area (Å²) < 4.78 is 0. The molecular formula is C14H28N4. The zero-order valence-electron chi connectivity index (χ0n) is 12.1. The van der Waals surface area contributed by atoms with Crippen molar-refractivity contribution < 1.29 is 0 Å². The van der Waals surface area contributed by atoms with Crippen molar-refractivity contribution in [3.63, 3.8) is 0 Å². The first-order valence-electron chi connectivity index (χ1n) is 7.31. The van der Waals surface area contributed by atoms with E-state index in [2.05, 4.69) is 35.7 Å². The van der Waals surface area contributed by atoms with Gasteiger partial charge in [0.05, 0.1) is 0 Å². The van der Waals surface area contributed by atoms with Crippen molar-refractivity contribution in [1.29, 1.82) is 0 Å². The summed E-state index contributed by atoms with van der Waals surface area (Å²) in [5.41, 5.74) is 6.01. The fourth-order valence-electron chi connectivity index (χ4n) is 2.73. The maximum absolute atomic E-state index is 6.01. The minimum Gasteiger partial charge on any atom is -0.370 e. The number of likely N-dealkylation sites (tertiary alicyclic amines) is 1. The summed E-state index contributed by atoms with van der Waals surface area (Å²) in [6.07, 6.45) is 3.83. The van der Waals surface area contributed by atoms with Gasteiger partial charge in [-0.25, -0.2) is 0 Å². The molecule has 1 unspecified atom stereocenters. The second kappa shape index (κ2) is 5.91. The Labute approximate surface area is 111 Å². The van der Waals surface area contributed by atoms with E-state index in [9.17, 15) is 0 Å². The predicted octanol–water partition coefficient (Wildman–Crippen LogP) is 1.37. The maximum Gasteiger partial charge on any atom is 0.191 e. The van der Waals surface area contributed by atoms with E-state index in [0.29, 0.717) is 12.0 Å². The molecule has 2 aliphatic rings. The Kier molecular flexibility index (Phi) is 4.49. The van der Waals surface area contributed by atoms with Crippen molar-refractivity contribution in [3.05, 3.63) is 0 Å². The van der Waals surface area contributed by atoms with Gasteiger partial charge in [-0.1, -0.05) is 13.8 Å². The van der Waals surface area contributed by atoms with Gasteiger partial charge in [-0.3, -0.25) is 4.99 Å². The molecule has 1 aliphatic heterocycles. The van der Waals surface area contributed by atoms with Crippen molar-refractivity contribution in [3.8, 4) is 0 Å². The van der Waals surface area contributed by atoms with Crippen LogP contribution in [0.5, 0.6) is 0 Å². The highest BCUT2D eigenvalue weighted by atomic mass is 15.3. The van der Waals surface area contributed by atoms with Gasteiger partial charge in [0, 0.05) is 32.7 Å². The smallest absolute Gasteiger partial charge is 0.191 e.